The molecule has 2 aromatic carbocycles. The number of carbonyl (C=O) groups excluding carboxylic acids is 2. The van der Waals surface area contributed by atoms with E-state index in [4.69, 9.17) is 15.2 Å². The summed E-state index contributed by atoms with van der Waals surface area (Å²) in [5.74, 6) is -1.56. The lowest BCUT2D eigenvalue weighted by molar-refractivity contribution is -0.138. The average molecular weight is 491 g/mol. The number of thiazole rings is 1. The predicted octanol–water partition coefficient (Wildman–Crippen LogP) is 2.62. The molecule has 174 valence electrons. The van der Waals surface area contributed by atoms with Crippen LogP contribution < -0.4 is 20.5 Å². The molecule has 1 aromatic heterocycles. The van der Waals surface area contributed by atoms with Crippen LogP contribution in [0.2, 0.25) is 0 Å². The molecule has 0 aliphatic heterocycles. The maximum atomic E-state index is 12.7. The van der Waals surface area contributed by atoms with Gasteiger partial charge in [-0.05, 0) is 31.2 Å². The zero-order chi connectivity index (χ0) is 23.8. The lowest BCUT2D eigenvalue weighted by Crippen LogP contribution is -2.43. The molecule has 3 rings (SSSR count). The molecule has 10 nitrogen and oxygen atoms in total. The monoisotopic (exact) mass is 490 g/mol. The number of benzene rings is 2. The molecule has 0 aliphatic carbocycles. The average Bonchev–Trinajstić information content (AvgIpc) is 3.28. The summed E-state index contributed by atoms with van der Waals surface area (Å²) in [7, 11) is -3.93. The van der Waals surface area contributed by atoms with E-state index in [-0.39, 0.29) is 10.5 Å². The molecule has 0 aliphatic rings. The van der Waals surface area contributed by atoms with E-state index < -0.39 is 34.5 Å². The highest BCUT2D eigenvalue weighted by Gasteiger charge is 2.24. The minimum Gasteiger partial charge on any atom is -0.492 e. The largest absolute Gasteiger partial charge is 0.492 e. The van der Waals surface area contributed by atoms with Crippen LogP contribution in [0.15, 0.2) is 65.0 Å². The maximum Gasteiger partial charge on any atom is 0.348 e. The zero-order valence-electron chi connectivity index (χ0n) is 17.6. The van der Waals surface area contributed by atoms with E-state index in [0.717, 1.165) is 0 Å². The molecule has 1 heterocycles. The summed E-state index contributed by atoms with van der Waals surface area (Å²) in [6, 6.07) is 12.3. The number of rotatable bonds is 10. The number of hydrogen-bond acceptors (Lipinski definition) is 10. The van der Waals surface area contributed by atoms with E-state index in [1.54, 1.807) is 48.8 Å². The van der Waals surface area contributed by atoms with Crippen molar-refractivity contribution in [1.82, 2.24) is 9.71 Å². The number of nitrogens with one attached hydrogen (secondary N) is 2. The van der Waals surface area contributed by atoms with Gasteiger partial charge in [0.15, 0.2) is 5.13 Å². The number of aromatic nitrogens is 1. The normalized spacial score (nSPS) is 12.1. The molecular weight excluding hydrogens is 468 g/mol. The van der Waals surface area contributed by atoms with Crippen LogP contribution in [0, 0.1) is 0 Å². The Kier molecular flexibility index (Phi) is 8.11. The third-order valence-corrected chi connectivity index (χ3v) is 6.36. The third-order valence-electron chi connectivity index (χ3n) is 4.16. The molecule has 33 heavy (non-hydrogen) atoms. The van der Waals surface area contributed by atoms with Crippen LogP contribution >= 0.6 is 11.3 Å². The van der Waals surface area contributed by atoms with Crippen molar-refractivity contribution >= 4 is 44.1 Å². The van der Waals surface area contributed by atoms with Crippen molar-refractivity contribution in [2.75, 3.05) is 11.9 Å². The number of sulfonamides is 1. The van der Waals surface area contributed by atoms with Crippen molar-refractivity contribution in [1.29, 1.82) is 0 Å². The third kappa shape index (κ3) is 6.58. The van der Waals surface area contributed by atoms with Gasteiger partial charge in [0.2, 0.25) is 10.0 Å². The molecule has 4 N–H and O–H groups in total. The smallest absolute Gasteiger partial charge is 0.348 e. The molecule has 0 radical (unpaired) electrons. The van der Waals surface area contributed by atoms with E-state index in [1.165, 1.54) is 29.5 Å². The van der Waals surface area contributed by atoms with E-state index in [0.29, 0.717) is 23.2 Å². The first-order chi connectivity index (χ1) is 15.8. The number of hydrogen-bond donors (Lipinski definition) is 3. The summed E-state index contributed by atoms with van der Waals surface area (Å²) in [5.41, 5.74) is 6.09. The Balaban J connectivity index is 1.69. The second-order valence-electron chi connectivity index (χ2n) is 6.58. The van der Waals surface area contributed by atoms with Crippen LogP contribution in [0.1, 0.15) is 23.7 Å². The summed E-state index contributed by atoms with van der Waals surface area (Å²) >= 11 is 1.31. The number of nitrogens with two attached hydrogens (primary N) is 1. The summed E-state index contributed by atoms with van der Waals surface area (Å²) < 4.78 is 37.3. The topological polar surface area (TPSA) is 150 Å². The van der Waals surface area contributed by atoms with Crippen LogP contribution in [0.25, 0.3) is 0 Å². The molecule has 0 spiro atoms. The minimum absolute atomic E-state index is 0.00413. The molecule has 0 saturated heterocycles. The number of ether oxygens (including phenoxy) is 2. The van der Waals surface area contributed by atoms with Crippen molar-refractivity contribution in [3.8, 4) is 5.75 Å². The second kappa shape index (κ2) is 11.0. The number of para-hydroxylation sites is 1. The van der Waals surface area contributed by atoms with Gasteiger partial charge in [-0.3, -0.25) is 4.79 Å². The highest BCUT2D eigenvalue weighted by molar-refractivity contribution is 7.89. The van der Waals surface area contributed by atoms with Gasteiger partial charge in [-0.1, -0.05) is 24.3 Å². The summed E-state index contributed by atoms with van der Waals surface area (Å²) in [6.07, 6.45) is -0.258. The number of nitrogens with zero attached hydrogens (tertiary/aromatic N) is 1. The molecule has 12 heteroatoms. The van der Waals surface area contributed by atoms with E-state index >= 15 is 0 Å². The Bertz CT molecular complexity index is 1200. The number of anilines is 2. The first kappa shape index (κ1) is 24.3. The Morgan fingerprint density at radius 1 is 1.15 bits per heavy atom. The standard InChI is InChI=1S/C21H22N4O6S2/c1-2-30-16-10-6-9-15(19(16)24-21-23-11-12-32-21)20(27)31-18(26)13-17(22)25-33(28,29)14-7-4-3-5-8-14/h3-12,17,25H,2,13,22H2,1H3,(H,23,24)/t17-/m0/s1. The lowest BCUT2D eigenvalue weighted by atomic mass is 10.1. The van der Waals surface area contributed by atoms with Crippen molar-refractivity contribution in [2.45, 2.75) is 24.4 Å². The van der Waals surface area contributed by atoms with Crippen LogP contribution in [-0.2, 0) is 19.6 Å². The molecule has 1 atom stereocenters. The lowest BCUT2D eigenvalue weighted by Gasteiger charge is -2.15. The van der Waals surface area contributed by atoms with Gasteiger partial charge in [-0.2, -0.15) is 4.72 Å². The summed E-state index contributed by atoms with van der Waals surface area (Å²) in [4.78, 5) is 29.1. The molecular formula is C21H22N4O6S2. The Morgan fingerprint density at radius 3 is 2.58 bits per heavy atom. The van der Waals surface area contributed by atoms with E-state index in [1.807, 2.05) is 0 Å². The van der Waals surface area contributed by atoms with Crippen LogP contribution in [0.4, 0.5) is 10.8 Å². The van der Waals surface area contributed by atoms with Crippen LogP contribution in [0.3, 0.4) is 0 Å². The van der Waals surface area contributed by atoms with E-state index in [2.05, 4.69) is 15.0 Å². The SMILES string of the molecule is CCOc1cccc(C(=O)OC(=O)C[C@@H](N)NS(=O)(=O)c2ccccc2)c1Nc1nccs1. The second-order valence-corrected chi connectivity index (χ2v) is 9.19. The van der Waals surface area contributed by atoms with Crippen molar-refractivity contribution < 1.29 is 27.5 Å². The van der Waals surface area contributed by atoms with Crippen molar-refractivity contribution in [3.63, 3.8) is 0 Å². The van der Waals surface area contributed by atoms with Gasteiger partial charge in [0.1, 0.15) is 5.75 Å². The Morgan fingerprint density at radius 2 is 1.91 bits per heavy atom. The Labute approximate surface area is 194 Å². The highest BCUT2D eigenvalue weighted by Crippen LogP contribution is 2.33. The fourth-order valence-electron chi connectivity index (χ4n) is 2.79. The first-order valence-corrected chi connectivity index (χ1v) is 12.2. The minimum atomic E-state index is -3.93. The van der Waals surface area contributed by atoms with E-state index in [9.17, 15) is 18.0 Å². The van der Waals surface area contributed by atoms with Crippen LogP contribution in [-0.4, -0.2) is 38.1 Å². The van der Waals surface area contributed by atoms with Gasteiger partial charge in [0.05, 0.1) is 35.3 Å². The van der Waals surface area contributed by atoms with Gasteiger partial charge < -0.3 is 20.5 Å². The molecule has 0 fully saturated rings. The highest BCUT2D eigenvalue weighted by atomic mass is 32.2. The zero-order valence-corrected chi connectivity index (χ0v) is 19.2. The fourth-order valence-corrected chi connectivity index (χ4v) is 4.45. The molecule has 0 saturated carbocycles. The van der Waals surface area contributed by atoms with Gasteiger partial charge in [0.25, 0.3) is 0 Å². The number of esters is 2. The van der Waals surface area contributed by atoms with Crippen LogP contribution in [0.5, 0.6) is 5.75 Å². The van der Waals surface area contributed by atoms with Crippen molar-refractivity contribution in [3.05, 3.63) is 65.7 Å². The Hall–Kier alpha value is -3.32. The molecule has 0 unspecified atom stereocenters. The molecule has 3 aromatic rings. The van der Waals surface area contributed by atoms with Gasteiger partial charge in [-0.25, -0.2) is 18.2 Å². The first-order valence-electron chi connectivity index (χ1n) is 9.80. The quantitative estimate of drug-likeness (QED) is 0.221. The molecule has 0 bridgehead atoms. The summed E-state index contributed by atoms with van der Waals surface area (Å²) in [6.45, 7) is 2.14. The fraction of sp³-hybridized carbons (Fsp3) is 0.190. The summed E-state index contributed by atoms with van der Waals surface area (Å²) in [5, 5.41) is 5.27. The predicted molar refractivity (Wildman–Crippen MR) is 123 cm³/mol. The number of carbonyl (C=O) groups is 2. The molecule has 0 amide bonds. The van der Waals surface area contributed by atoms with Gasteiger partial charge in [0, 0.05) is 11.6 Å². The van der Waals surface area contributed by atoms with Gasteiger partial charge in [-0.15, -0.1) is 11.3 Å². The van der Waals surface area contributed by atoms with Crippen molar-refractivity contribution in [2.24, 2.45) is 5.73 Å². The maximum absolute atomic E-state index is 12.7. The van der Waals surface area contributed by atoms with Gasteiger partial charge >= 0.3 is 11.9 Å².